The van der Waals surface area contributed by atoms with Gasteiger partial charge in [0.05, 0.1) is 23.9 Å². The van der Waals surface area contributed by atoms with Crippen molar-refractivity contribution in [1.29, 1.82) is 0 Å². The third kappa shape index (κ3) is 3.73. The number of carboxylic acids is 1. The van der Waals surface area contributed by atoms with Gasteiger partial charge >= 0.3 is 5.97 Å². The van der Waals surface area contributed by atoms with Crippen LogP contribution in [0.15, 0.2) is 39.7 Å². The Morgan fingerprint density at radius 1 is 1.33 bits per heavy atom. The van der Waals surface area contributed by atoms with Crippen LogP contribution in [0, 0.1) is 5.92 Å². The molecule has 0 aliphatic rings. The summed E-state index contributed by atoms with van der Waals surface area (Å²) in [5.74, 6) is -1.27. The molecule has 7 nitrogen and oxygen atoms in total. The molecule has 7 heteroatoms. The largest absolute Gasteiger partial charge is 0.481 e. The lowest BCUT2D eigenvalue weighted by Crippen LogP contribution is -2.52. The number of pyridine rings is 1. The molecule has 0 bridgehead atoms. The van der Waals surface area contributed by atoms with Gasteiger partial charge in [-0.05, 0) is 37.1 Å². The Hall–Kier alpha value is -2.83. The summed E-state index contributed by atoms with van der Waals surface area (Å²) in [5.41, 5.74) is -1.15. The highest BCUT2D eigenvalue weighted by atomic mass is 16.4. The number of carbonyl (C=O) groups excluding carboxylic acids is 1. The third-order valence-corrected chi connectivity index (χ3v) is 4.13. The number of carbonyl (C=O) groups is 2. The summed E-state index contributed by atoms with van der Waals surface area (Å²) in [6.45, 7) is 5.27. The Balaban J connectivity index is 2.26. The zero-order chi connectivity index (χ0) is 17.9. The Morgan fingerprint density at radius 2 is 2.04 bits per heavy atom. The fourth-order valence-corrected chi connectivity index (χ4v) is 2.26. The fraction of sp³-hybridized carbons (Fsp3) is 0.353. The Morgan fingerprint density at radius 3 is 2.54 bits per heavy atom. The van der Waals surface area contributed by atoms with Crippen LogP contribution in [0.3, 0.4) is 0 Å². The van der Waals surface area contributed by atoms with Crippen molar-refractivity contribution in [2.45, 2.75) is 32.7 Å². The van der Waals surface area contributed by atoms with Crippen LogP contribution in [0.25, 0.3) is 11.5 Å². The van der Waals surface area contributed by atoms with Gasteiger partial charge in [0, 0.05) is 0 Å². The summed E-state index contributed by atoms with van der Waals surface area (Å²) >= 11 is 0. The SMILES string of the molecule is CC(C)C(C)(CC(=O)O)NC(=O)c1ccc(-c2ccco2)[nH]c1=O. The van der Waals surface area contributed by atoms with Gasteiger partial charge in [-0.1, -0.05) is 13.8 Å². The zero-order valence-corrected chi connectivity index (χ0v) is 13.8. The molecule has 2 rings (SSSR count). The molecule has 0 saturated carbocycles. The van der Waals surface area contributed by atoms with Gasteiger partial charge in [0.15, 0.2) is 0 Å². The van der Waals surface area contributed by atoms with Crippen molar-refractivity contribution in [2.24, 2.45) is 5.92 Å². The second-order valence-electron chi connectivity index (χ2n) is 6.19. The number of amides is 1. The summed E-state index contributed by atoms with van der Waals surface area (Å²) in [4.78, 5) is 38.2. The maximum Gasteiger partial charge on any atom is 0.305 e. The number of furan rings is 1. The van der Waals surface area contributed by atoms with Gasteiger partial charge in [-0.2, -0.15) is 0 Å². The highest BCUT2D eigenvalue weighted by molar-refractivity contribution is 5.94. The van der Waals surface area contributed by atoms with Crippen molar-refractivity contribution in [1.82, 2.24) is 10.3 Å². The Labute approximate surface area is 138 Å². The van der Waals surface area contributed by atoms with Crippen LogP contribution in [0.2, 0.25) is 0 Å². The third-order valence-electron chi connectivity index (χ3n) is 4.13. The molecule has 0 spiro atoms. The molecule has 2 aromatic rings. The molecule has 2 heterocycles. The number of aromatic nitrogens is 1. The first-order valence-electron chi connectivity index (χ1n) is 7.54. The average Bonchev–Trinajstić information content (AvgIpc) is 2.99. The second kappa shape index (κ2) is 6.74. The highest BCUT2D eigenvalue weighted by Gasteiger charge is 2.33. The Bertz CT molecular complexity index is 792. The predicted molar refractivity (Wildman–Crippen MR) is 87.7 cm³/mol. The zero-order valence-electron chi connectivity index (χ0n) is 13.8. The first-order chi connectivity index (χ1) is 11.2. The maximum absolute atomic E-state index is 12.4. The number of carboxylic acid groups (broad SMARTS) is 1. The highest BCUT2D eigenvalue weighted by Crippen LogP contribution is 2.21. The van der Waals surface area contributed by atoms with Crippen LogP contribution in [-0.4, -0.2) is 27.5 Å². The fourth-order valence-electron chi connectivity index (χ4n) is 2.26. The van der Waals surface area contributed by atoms with Gasteiger partial charge in [-0.15, -0.1) is 0 Å². The van der Waals surface area contributed by atoms with E-state index in [-0.39, 0.29) is 17.9 Å². The quantitative estimate of drug-likeness (QED) is 0.751. The minimum atomic E-state index is -1.02. The number of H-pyrrole nitrogens is 1. The number of hydrogen-bond acceptors (Lipinski definition) is 4. The monoisotopic (exact) mass is 332 g/mol. The summed E-state index contributed by atoms with van der Waals surface area (Å²) in [5, 5.41) is 11.7. The van der Waals surface area contributed by atoms with Crippen LogP contribution < -0.4 is 10.9 Å². The van der Waals surface area contributed by atoms with E-state index >= 15 is 0 Å². The summed E-state index contributed by atoms with van der Waals surface area (Å²) in [6.07, 6.45) is 1.24. The molecule has 24 heavy (non-hydrogen) atoms. The van der Waals surface area contributed by atoms with E-state index in [1.54, 1.807) is 25.1 Å². The van der Waals surface area contributed by atoms with Crippen LogP contribution >= 0.6 is 0 Å². The van der Waals surface area contributed by atoms with Crippen molar-refractivity contribution in [3.8, 4) is 11.5 Å². The number of hydrogen-bond donors (Lipinski definition) is 3. The van der Waals surface area contributed by atoms with E-state index in [0.717, 1.165) is 0 Å². The van der Waals surface area contributed by atoms with E-state index in [2.05, 4.69) is 10.3 Å². The van der Waals surface area contributed by atoms with Gasteiger partial charge in [0.25, 0.3) is 11.5 Å². The lowest BCUT2D eigenvalue weighted by molar-refractivity contribution is -0.138. The lowest BCUT2D eigenvalue weighted by atomic mass is 9.85. The topological polar surface area (TPSA) is 112 Å². The molecule has 3 N–H and O–H groups in total. The van der Waals surface area contributed by atoms with Crippen molar-refractivity contribution >= 4 is 11.9 Å². The van der Waals surface area contributed by atoms with E-state index < -0.39 is 23.0 Å². The lowest BCUT2D eigenvalue weighted by Gasteiger charge is -2.33. The van der Waals surface area contributed by atoms with Gasteiger partial charge < -0.3 is 19.8 Å². The maximum atomic E-state index is 12.4. The molecule has 0 saturated heterocycles. The number of nitrogens with one attached hydrogen (secondary N) is 2. The van der Waals surface area contributed by atoms with Crippen LogP contribution in [0.4, 0.5) is 0 Å². The van der Waals surface area contributed by atoms with Gasteiger partial charge in [-0.3, -0.25) is 14.4 Å². The first kappa shape index (κ1) is 17.5. The molecule has 128 valence electrons. The van der Waals surface area contributed by atoms with E-state index in [1.165, 1.54) is 12.3 Å². The van der Waals surface area contributed by atoms with Crippen LogP contribution in [-0.2, 0) is 4.79 Å². The molecule has 0 fully saturated rings. The molecule has 0 aromatic carbocycles. The van der Waals surface area contributed by atoms with E-state index in [0.29, 0.717) is 11.5 Å². The van der Waals surface area contributed by atoms with E-state index in [9.17, 15) is 14.4 Å². The van der Waals surface area contributed by atoms with E-state index in [4.69, 9.17) is 9.52 Å². The second-order valence-corrected chi connectivity index (χ2v) is 6.19. The Kier molecular flexibility index (Phi) is 4.92. The minimum Gasteiger partial charge on any atom is -0.481 e. The summed E-state index contributed by atoms with van der Waals surface area (Å²) < 4.78 is 5.19. The average molecular weight is 332 g/mol. The molecule has 1 unspecified atom stereocenters. The standard InChI is InChI=1S/C17H20N2O5/c1-10(2)17(3,9-14(20)21)19-16(23)11-6-7-12(18-15(11)22)13-5-4-8-24-13/h4-8,10H,9H2,1-3H3,(H,18,22)(H,19,23)(H,20,21). The van der Waals surface area contributed by atoms with Crippen LogP contribution in [0.1, 0.15) is 37.6 Å². The van der Waals surface area contributed by atoms with Gasteiger partial charge in [0.2, 0.25) is 0 Å². The molecule has 1 atom stereocenters. The molecule has 0 radical (unpaired) electrons. The molecule has 1 amide bonds. The van der Waals surface area contributed by atoms with Crippen molar-refractivity contribution in [2.75, 3.05) is 0 Å². The normalized spacial score (nSPS) is 13.5. The summed E-state index contributed by atoms with van der Waals surface area (Å²) in [6, 6.07) is 6.34. The van der Waals surface area contributed by atoms with Crippen molar-refractivity contribution in [3.05, 3.63) is 46.4 Å². The smallest absolute Gasteiger partial charge is 0.305 e. The number of aliphatic carboxylic acids is 1. The van der Waals surface area contributed by atoms with Crippen LogP contribution in [0.5, 0.6) is 0 Å². The number of aromatic amines is 1. The molecular formula is C17H20N2O5. The van der Waals surface area contributed by atoms with Crippen molar-refractivity contribution < 1.29 is 19.1 Å². The molecular weight excluding hydrogens is 312 g/mol. The first-order valence-corrected chi connectivity index (χ1v) is 7.54. The van der Waals surface area contributed by atoms with E-state index in [1.807, 2.05) is 13.8 Å². The predicted octanol–water partition coefficient (Wildman–Crippen LogP) is 2.25. The molecule has 0 aliphatic heterocycles. The molecule has 2 aromatic heterocycles. The van der Waals surface area contributed by atoms with Crippen molar-refractivity contribution in [3.63, 3.8) is 0 Å². The molecule has 0 aliphatic carbocycles. The summed E-state index contributed by atoms with van der Waals surface area (Å²) in [7, 11) is 0. The number of rotatable bonds is 6. The van der Waals surface area contributed by atoms with Gasteiger partial charge in [-0.25, -0.2) is 0 Å². The van der Waals surface area contributed by atoms with Gasteiger partial charge in [0.1, 0.15) is 11.3 Å². The minimum absolute atomic E-state index is 0.0810.